The Kier molecular flexibility index (Phi) is 3.09. The number of fused-ring (bicyclic) bond motifs is 1. The highest BCUT2D eigenvalue weighted by molar-refractivity contribution is 6.04. The Labute approximate surface area is 100 Å². The van der Waals surface area contributed by atoms with Crippen LogP contribution in [-0.4, -0.2) is 17.1 Å². The van der Waals surface area contributed by atoms with Gasteiger partial charge in [0.1, 0.15) is 0 Å². The van der Waals surface area contributed by atoms with E-state index in [9.17, 15) is 4.79 Å². The van der Waals surface area contributed by atoms with Gasteiger partial charge in [0, 0.05) is 11.6 Å². The summed E-state index contributed by atoms with van der Waals surface area (Å²) in [6.07, 6.45) is 1.63. The van der Waals surface area contributed by atoms with E-state index in [0.29, 0.717) is 5.56 Å². The molecule has 2 aromatic rings. The standard InChI is InChI=1S/C14H15NO2/c1-9(2)17-14(16)11-5-4-6-12-13(11)10(3)7-8-15-12/h4-9H,1-3H3. The third kappa shape index (κ3) is 2.28. The molecule has 0 saturated heterocycles. The zero-order valence-electron chi connectivity index (χ0n) is 10.2. The maximum Gasteiger partial charge on any atom is 0.339 e. The van der Waals surface area contributed by atoms with Crippen molar-refractivity contribution in [2.24, 2.45) is 0 Å². The van der Waals surface area contributed by atoms with Crippen molar-refractivity contribution < 1.29 is 9.53 Å². The summed E-state index contributed by atoms with van der Waals surface area (Å²) < 4.78 is 5.23. The van der Waals surface area contributed by atoms with E-state index in [4.69, 9.17) is 4.74 Å². The quantitative estimate of drug-likeness (QED) is 0.743. The molecule has 2 rings (SSSR count). The van der Waals surface area contributed by atoms with Crippen LogP contribution in [0.4, 0.5) is 0 Å². The molecule has 1 aromatic heterocycles. The fourth-order valence-corrected chi connectivity index (χ4v) is 1.82. The first-order chi connectivity index (χ1) is 8.09. The second-order valence-electron chi connectivity index (χ2n) is 4.28. The van der Waals surface area contributed by atoms with Crippen molar-refractivity contribution in [1.82, 2.24) is 4.98 Å². The molecule has 0 aliphatic heterocycles. The van der Waals surface area contributed by atoms with E-state index in [-0.39, 0.29) is 12.1 Å². The zero-order valence-corrected chi connectivity index (χ0v) is 10.2. The second kappa shape index (κ2) is 4.53. The monoisotopic (exact) mass is 229 g/mol. The Hall–Kier alpha value is -1.90. The predicted molar refractivity (Wildman–Crippen MR) is 67.0 cm³/mol. The molecule has 17 heavy (non-hydrogen) atoms. The molecule has 3 heteroatoms. The van der Waals surface area contributed by atoms with Crippen molar-refractivity contribution in [3.05, 3.63) is 41.6 Å². The lowest BCUT2D eigenvalue weighted by atomic mass is 10.0. The van der Waals surface area contributed by atoms with Crippen LogP contribution in [-0.2, 0) is 4.74 Å². The van der Waals surface area contributed by atoms with E-state index in [2.05, 4.69) is 4.98 Å². The third-order valence-corrected chi connectivity index (χ3v) is 2.54. The van der Waals surface area contributed by atoms with E-state index in [1.54, 1.807) is 12.3 Å². The molecule has 1 heterocycles. The van der Waals surface area contributed by atoms with Gasteiger partial charge in [-0.25, -0.2) is 4.79 Å². The molecule has 0 atom stereocenters. The first kappa shape index (κ1) is 11.6. The topological polar surface area (TPSA) is 39.2 Å². The van der Waals surface area contributed by atoms with E-state index in [1.807, 2.05) is 39.0 Å². The number of rotatable bonds is 2. The Morgan fingerprint density at radius 3 is 2.76 bits per heavy atom. The molecule has 0 radical (unpaired) electrons. The number of esters is 1. The number of hydrogen-bond acceptors (Lipinski definition) is 3. The minimum absolute atomic E-state index is 0.116. The lowest BCUT2D eigenvalue weighted by molar-refractivity contribution is 0.0380. The first-order valence-corrected chi connectivity index (χ1v) is 5.65. The van der Waals surface area contributed by atoms with Crippen molar-refractivity contribution in [2.45, 2.75) is 26.9 Å². The maximum atomic E-state index is 12.0. The van der Waals surface area contributed by atoms with Crippen molar-refractivity contribution in [3.8, 4) is 0 Å². The highest BCUT2D eigenvalue weighted by Crippen LogP contribution is 2.21. The highest BCUT2D eigenvalue weighted by atomic mass is 16.5. The number of carbonyl (C=O) groups excluding carboxylic acids is 1. The van der Waals surface area contributed by atoms with Gasteiger partial charge in [-0.3, -0.25) is 4.98 Å². The van der Waals surface area contributed by atoms with Gasteiger partial charge >= 0.3 is 5.97 Å². The molecule has 0 spiro atoms. The minimum Gasteiger partial charge on any atom is -0.459 e. The lowest BCUT2D eigenvalue weighted by Gasteiger charge is -2.10. The van der Waals surface area contributed by atoms with Gasteiger partial charge in [0.2, 0.25) is 0 Å². The summed E-state index contributed by atoms with van der Waals surface area (Å²) >= 11 is 0. The number of ether oxygens (including phenoxy) is 1. The average molecular weight is 229 g/mol. The predicted octanol–water partition coefficient (Wildman–Crippen LogP) is 3.11. The van der Waals surface area contributed by atoms with Crippen molar-refractivity contribution in [3.63, 3.8) is 0 Å². The molecular weight excluding hydrogens is 214 g/mol. The SMILES string of the molecule is Cc1ccnc2cccc(C(=O)OC(C)C)c12. The Morgan fingerprint density at radius 2 is 2.06 bits per heavy atom. The van der Waals surface area contributed by atoms with E-state index in [1.165, 1.54) is 0 Å². The molecule has 0 N–H and O–H groups in total. The van der Waals surface area contributed by atoms with Crippen molar-refractivity contribution in [1.29, 1.82) is 0 Å². The second-order valence-corrected chi connectivity index (χ2v) is 4.28. The minimum atomic E-state index is -0.290. The van der Waals surface area contributed by atoms with Gasteiger partial charge in [0.05, 0.1) is 17.2 Å². The molecule has 0 unspecified atom stereocenters. The normalized spacial score (nSPS) is 10.8. The summed E-state index contributed by atoms with van der Waals surface area (Å²) in [6, 6.07) is 7.40. The molecule has 0 aliphatic rings. The zero-order chi connectivity index (χ0) is 12.4. The summed E-state index contributed by atoms with van der Waals surface area (Å²) in [7, 11) is 0. The molecule has 1 aromatic carbocycles. The van der Waals surface area contributed by atoms with E-state index >= 15 is 0 Å². The number of hydrogen-bond donors (Lipinski definition) is 0. The molecule has 88 valence electrons. The fourth-order valence-electron chi connectivity index (χ4n) is 1.82. The highest BCUT2D eigenvalue weighted by Gasteiger charge is 2.14. The number of nitrogens with zero attached hydrogens (tertiary/aromatic N) is 1. The van der Waals surface area contributed by atoms with Crippen LogP contribution in [0.2, 0.25) is 0 Å². The Balaban J connectivity index is 2.58. The van der Waals surface area contributed by atoms with Crippen LogP contribution in [0.25, 0.3) is 10.9 Å². The van der Waals surface area contributed by atoms with Gasteiger partial charge in [-0.15, -0.1) is 0 Å². The number of benzene rings is 1. The first-order valence-electron chi connectivity index (χ1n) is 5.65. The van der Waals surface area contributed by atoms with Gasteiger partial charge < -0.3 is 4.74 Å². The number of aryl methyl sites for hydroxylation is 1. The van der Waals surface area contributed by atoms with Crippen molar-refractivity contribution in [2.75, 3.05) is 0 Å². The fraction of sp³-hybridized carbons (Fsp3) is 0.286. The van der Waals surface area contributed by atoms with Gasteiger partial charge in [-0.05, 0) is 44.5 Å². The molecule has 0 amide bonds. The summed E-state index contributed by atoms with van der Waals surface area (Å²) in [5.74, 6) is -0.290. The Morgan fingerprint density at radius 1 is 1.29 bits per heavy atom. The Bertz CT molecular complexity index is 556. The van der Waals surface area contributed by atoms with Crippen LogP contribution in [0.15, 0.2) is 30.5 Å². The van der Waals surface area contributed by atoms with Crippen LogP contribution in [0.3, 0.4) is 0 Å². The summed E-state index contributed by atoms with van der Waals surface area (Å²) in [4.78, 5) is 16.2. The van der Waals surface area contributed by atoms with Gasteiger partial charge in [0.15, 0.2) is 0 Å². The van der Waals surface area contributed by atoms with Crippen LogP contribution >= 0.6 is 0 Å². The summed E-state index contributed by atoms with van der Waals surface area (Å²) in [5.41, 5.74) is 2.44. The molecule has 0 bridgehead atoms. The average Bonchev–Trinajstić information content (AvgIpc) is 2.28. The van der Waals surface area contributed by atoms with E-state index in [0.717, 1.165) is 16.5 Å². The van der Waals surface area contributed by atoms with Gasteiger partial charge in [-0.1, -0.05) is 6.07 Å². The molecule has 0 saturated carbocycles. The molecular formula is C14H15NO2. The molecule has 3 nitrogen and oxygen atoms in total. The van der Waals surface area contributed by atoms with Gasteiger partial charge in [0.25, 0.3) is 0 Å². The smallest absolute Gasteiger partial charge is 0.339 e. The maximum absolute atomic E-state index is 12.0. The van der Waals surface area contributed by atoms with Crippen LogP contribution < -0.4 is 0 Å². The van der Waals surface area contributed by atoms with Gasteiger partial charge in [-0.2, -0.15) is 0 Å². The van der Waals surface area contributed by atoms with Crippen molar-refractivity contribution >= 4 is 16.9 Å². The number of aromatic nitrogens is 1. The summed E-state index contributed by atoms with van der Waals surface area (Å²) in [5, 5.41) is 0.876. The van der Waals surface area contributed by atoms with E-state index < -0.39 is 0 Å². The largest absolute Gasteiger partial charge is 0.459 e. The van der Waals surface area contributed by atoms with Crippen LogP contribution in [0.1, 0.15) is 29.8 Å². The number of carbonyl (C=O) groups is 1. The molecule has 0 aliphatic carbocycles. The lowest BCUT2D eigenvalue weighted by Crippen LogP contribution is -2.12. The summed E-state index contributed by atoms with van der Waals surface area (Å²) in [6.45, 7) is 5.65. The molecule has 0 fully saturated rings. The van der Waals surface area contributed by atoms with Crippen LogP contribution in [0.5, 0.6) is 0 Å². The number of pyridine rings is 1. The third-order valence-electron chi connectivity index (χ3n) is 2.54. The van der Waals surface area contributed by atoms with Crippen LogP contribution in [0, 0.1) is 6.92 Å².